The number of carbonyl (C=O) groups excluding carboxylic acids is 1. The fourth-order valence-electron chi connectivity index (χ4n) is 3.33. The van der Waals surface area contributed by atoms with E-state index in [9.17, 15) is 14.9 Å². The van der Waals surface area contributed by atoms with Gasteiger partial charge in [0.05, 0.1) is 4.92 Å². The molecule has 0 spiro atoms. The van der Waals surface area contributed by atoms with Crippen molar-refractivity contribution in [3.8, 4) is 0 Å². The van der Waals surface area contributed by atoms with E-state index in [0.717, 1.165) is 19.6 Å². The van der Waals surface area contributed by atoms with Crippen LogP contribution >= 0.6 is 0 Å². The molecule has 1 aliphatic rings. The molecule has 1 amide bonds. The van der Waals surface area contributed by atoms with Crippen molar-refractivity contribution in [2.24, 2.45) is 0 Å². The number of nitro groups is 1. The first-order valence-electron chi connectivity index (χ1n) is 8.91. The zero-order chi connectivity index (χ0) is 18.5. The Kier molecular flexibility index (Phi) is 5.63. The lowest BCUT2D eigenvalue weighted by Gasteiger charge is -2.26. The van der Waals surface area contributed by atoms with E-state index in [1.807, 2.05) is 24.3 Å². The molecule has 1 aliphatic heterocycles. The van der Waals surface area contributed by atoms with E-state index in [0.29, 0.717) is 16.8 Å². The SMILES string of the molecule is Cc1c(C(=O)Nc2ccc(CN3CCCCC3)cc2)cccc1[N+](=O)[O-]. The van der Waals surface area contributed by atoms with Crippen molar-refractivity contribution in [1.29, 1.82) is 0 Å². The minimum atomic E-state index is -0.471. The molecule has 0 aromatic heterocycles. The van der Waals surface area contributed by atoms with Gasteiger partial charge >= 0.3 is 0 Å². The number of hydrogen-bond acceptors (Lipinski definition) is 4. The van der Waals surface area contributed by atoms with Crippen LogP contribution in [0.25, 0.3) is 0 Å². The molecule has 26 heavy (non-hydrogen) atoms. The summed E-state index contributed by atoms with van der Waals surface area (Å²) in [5.41, 5.74) is 2.54. The molecule has 0 bridgehead atoms. The number of piperidine rings is 1. The molecule has 0 atom stereocenters. The lowest BCUT2D eigenvalue weighted by molar-refractivity contribution is -0.385. The van der Waals surface area contributed by atoms with E-state index in [2.05, 4.69) is 10.2 Å². The zero-order valence-corrected chi connectivity index (χ0v) is 14.9. The van der Waals surface area contributed by atoms with E-state index in [1.54, 1.807) is 13.0 Å². The number of carbonyl (C=O) groups is 1. The van der Waals surface area contributed by atoms with E-state index in [4.69, 9.17) is 0 Å². The zero-order valence-electron chi connectivity index (χ0n) is 14.9. The highest BCUT2D eigenvalue weighted by atomic mass is 16.6. The molecule has 0 saturated carbocycles. The maximum Gasteiger partial charge on any atom is 0.273 e. The monoisotopic (exact) mass is 353 g/mol. The van der Waals surface area contributed by atoms with Crippen molar-refractivity contribution in [3.63, 3.8) is 0 Å². The summed E-state index contributed by atoms with van der Waals surface area (Å²) in [6, 6.07) is 12.3. The second kappa shape index (κ2) is 8.10. The van der Waals surface area contributed by atoms with Crippen molar-refractivity contribution in [2.45, 2.75) is 32.7 Å². The average molecular weight is 353 g/mol. The molecule has 1 N–H and O–H groups in total. The number of amides is 1. The van der Waals surface area contributed by atoms with Gasteiger partial charge in [0.1, 0.15) is 0 Å². The Morgan fingerprint density at radius 3 is 2.46 bits per heavy atom. The van der Waals surface area contributed by atoms with Crippen LogP contribution in [0.15, 0.2) is 42.5 Å². The quantitative estimate of drug-likeness (QED) is 0.647. The molecule has 136 valence electrons. The third kappa shape index (κ3) is 4.26. The normalized spacial score (nSPS) is 14.8. The summed E-state index contributed by atoms with van der Waals surface area (Å²) in [4.78, 5) is 25.5. The largest absolute Gasteiger partial charge is 0.322 e. The summed E-state index contributed by atoms with van der Waals surface area (Å²) >= 11 is 0. The number of rotatable bonds is 5. The summed E-state index contributed by atoms with van der Waals surface area (Å²) in [6.45, 7) is 4.81. The lowest BCUT2D eigenvalue weighted by atomic mass is 10.1. The first kappa shape index (κ1) is 18.1. The van der Waals surface area contributed by atoms with Gasteiger partial charge in [-0.15, -0.1) is 0 Å². The highest BCUT2D eigenvalue weighted by Gasteiger charge is 2.18. The van der Waals surface area contributed by atoms with Gasteiger partial charge in [0.2, 0.25) is 0 Å². The van der Waals surface area contributed by atoms with Crippen LogP contribution in [-0.4, -0.2) is 28.8 Å². The molecular weight excluding hydrogens is 330 g/mol. The van der Waals surface area contributed by atoms with Gasteiger partial charge < -0.3 is 5.32 Å². The molecule has 1 fully saturated rings. The van der Waals surface area contributed by atoms with Gasteiger partial charge in [-0.05, 0) is 56.6 Å². The minimum absolute atomic E-state index is 0.0467. The number of anilines is 1. The Bertz CT molecular complexity index is 796. The Labute approximate surface area is 153 Å². The second-order valence-electron chi connectivity index (χ2n) is 6.69. The first-order chi connectivity index (χ1) is 12.5. The van der Waals surface area contributed by atoms with Crippen LogP contribution in [0.1, 0.15) is 40.7 Å². The van der Waals surface area contributed by atoms with Crippen LogP contribution in [0, 0.1) is 17.0 Å². The van der Waals surface area contributed by atoms with Crippen LogP contribution in [0.5, 0.6) is 0 Å². The molecule has 6 heteroatoms. The number of likely N-dealkylation sites (tertiary alicyclic amines) is 1. The molecule has 0 aliphatic carbocycles. The smallest absolute Gasteiger partial charge is 0.273 e. The molecule has 2 aromatic rings. The van der Waals surface area contributed by atoms with Gasteiger partial charge in [-0.2, -0.15) is 0 Å². The molecule has 1 saturated heterocycles. The molecule has 6 nitrogen and oxygen atoms in total. The van der Waals surface area contributed by atoms with E-state index >= 15 is 0 Å². The van der Waals surface area contributed by atoms with E-state index in [-0.39, 0.29) is 11.6 Å². The van der Waals surface area contributed by atoms with Gasteiger partial charge in [0.15, 0.2) is 0 Å². The number of benzene rings is 2. The van der Waals surface area contributed by atoms with Crippen LogP contribution in [0.2, 0.25) is 0 Å². The number of nitro benzene ring substituents is 1. The number of nitrogens with one attached hydrogen (secondary N) is 1. The number of nitrogens with zero attached hydrogens (tertiary/aromatic N) is 2. The Balaban J connectivity index is 1.66. The Hall–Kier alpha value is -2.73. The summed E-state index contributed by atoms with van der Waals surface area (Å²) in [7, 11) is 0. The van der Waals surface area contributed by atoms with Gasteiger partial charge in [-0.25, -0.2) is 0 Å². The van der Waals surface area contributed by atoms with Crippen molar-refractivity contribution < 1.29 is 9.72 Å². The summed E-state index contributed by atoms with van der Waals surface area (Å²) in [6.07, 6.45) is 3.84. The first-order valence-corrected chi connectivity index (χ1v) is 8.91. The maximum atomic E-state index is 12.5. The molecule has 0 radical (unpaired) electrons. The van der Waals surface area contributed by atoms with Gasteiger partial charge in [-0.1, -0.05) is 24.6 Å². The minimum Gasteiger partial charge on any atom is -0.322 e. The summed E-state index contributed by atoms with van der Waals surface area (Å²) in [5.74, 6) is -0.338. The third-order valence-corrected chi connectivity index (χ3v) is 4.81. The van der Waals surface area contributed by atoms with Crippen molar-refractivity contribution in [2.75, 3.05) is 18.4 Å². The van der Waals surface area contributed by atoms with Gasteiger partial charge in [-0.3, -0.25) is 19.8 Å². The standard InChI is InChI=1S/C20H23N3O3/c1-15-18(6-5-7-19(15)23(25)26)20(24)21-17-10-8-16(9-11-17)14-22-12-3-2-4-13-22/h5-11H,2-4,12-14H2,1H3,(H,21,24). The average Bonchev–Trinajstić information content (AvgIpc) is 2.64. The van der Waals surface area contributed by atoms with Crippen molar-refractivity contribution in [3.05, 3.63) is 69.3 Å². The highest BCUT2D eigenvalue weighted by molar-refractivity contribution is 6.05. The van der Waals surface area contributed by atoms with Crippen molar-refractivity contribution in [1.82, 2.24) is 4.90 Å². The highest BCUT2D eigenvalue weighted by Crippen LogP contribution is 2.22. The molecule has 2 aromatic carbocycles. The maximum absolute atomic E-state index is 12.5. The molecular formula is C20H23N3O3. The second-order valence-corrected chi connectivity index (χ2v) is 6.69. The van der Waals surface area contributed by atoms with Gasteiger partial charge in [0.25, 0.3) is 11.6 Å². The van der Waals surface area contributed by atoms with Crippen molar-refractivity contribution >= 4 is 17.3 Å². The summed E-state index contributed by atoms with van der Waals surface area (Å²) in [5, 5.41) is 13.8. The topological polar surface area (TPSA) is 75.5 Å². The lowest BCUT2D eigenvalue weighted by Crippen LogP contribution is -2.29. The van der Waals surface area contributed by atoms with E-state index < -0.39 is 4.92 Å². The van der Waals surface area contributed by atoms with Crippen LogP contribution in [-0.2, 0) is 6.54 Å². The van der Waals surface area contributed by atoms with Crippen LogP contribution in [0.4, 0.5) is 11.4 Å². The van der Waals surface area contributed by atoms with Crippen LogP contribution < -0.4 is 5.32 Å². The van der Waals surface area contributed by atoms with E-state index in [1.165, 1.54) is 37.0 Å². The fourth-order valence-corrected chi connectivity index (χ4v) is 3.33. The molecule has 3 rings (SSSR count). The molecule has 1 heterocycles. The molecule has 0 unspecified atom stereocenters. The Morgan fingerprint density at radius 2 is 1.81 bits per heavy atom. The number of hydrogen-bond donors (Lipinski definition) is 1. The third-order valence-electron chi connectivity index (χ3n) is 4.81. The fraction of sp³-hybridized carbons (Fsp3) is 0.350. The Morgan fingerprint density at radius 1 is 1.12 bits per heavy atom. The van der Waals surface area contributed by atoms with Crippen LogP contribution in [0.3, 0.4) is 0 Å². The van der Waals surface area contributed by atoms with Gasteiger partial charge in [0, 0.05) is 29.4 Å². The predicted octanol–water partition coefficient (Wildman–Crippen LogP) is 4.14. The predicted molar refractivity (Wildman–Crippen MR) is 101 cm³/mol. The summed E-state index contributed by atoms with van der Waals surface area (Å²) < 4.78 is 0.